The molecular weight excluding hydrogens is 293 g/mol. The molecule has 0 amide bonds. The van der Waals surface area contributed by atoms with Crippen LogP contribution in [0.15, 0.2) is 0 Å². The van der Waals surface area contributed by atoms with Gasteiger partial charge in [0.2, 0.25) is 0 Å². The number of carbonyl (C=O) groups is 1. The number of rotatable bonds is 2. The highest BCUT2D eigenvalue weighted by Gasteiger charge is 2.86. The van der Waals surface area contributed by atoms with E-state index in [4.69, 9.17) is 5.11 Å². The fourth-order valence-electron chi connectivity index (χ4n) is 1.31. The van der Waals surface area contributed by atoms with Crippen LogP contribution in [0.5, 0.6) is 0 Å². The zero-order valence-electron chi connectivity index (χ0n) is 9.10. The Kier molecular flexibility index (Phi) is 3.53. The van der Waals surface area contributed by atoms with Gasteiger partial charge in [-0.15, -0.1) is 0 Å². The molecule has 1 heterocycles. The molecule has 0 saturated carbocycles. The van der Waals surface area contributed by atoms with Crippen molar-refractivity contribution in [3.05, 3.63) is 0 Å². The summed E-state index contributed by atoms with van der Waals surface area (Å²) >= 11 is 0. The van der Waals surface area contributed by atoms with Gasteiger partial charge in [0.25, 0.3) is 6.10 Å². The SMILES string of the molecule is CCC(=O)OC1C(F)(F)OC(O)(C(F)(F)F)C1(F)F. The monoisotopic (exact) mass is 300 g/mol. The Morgan fingerprint density at radius 1 is 1.32 bits per heavy atom. The van der Waals surface area contributed by atoms with Crippen LogP contribution >= 0.6 is 0 Å². The van der Waals surface area contributed by atoms with Crippen LogP contribution in [-0.4, -0.2) is 41.2 Å². The van der Waals surface area contributed by atoms with Crippen LogP contribution < -0.4 is 0 Å². The Bertz CT molecular complexity index is 380. The molecule has 0 aromatic heterocycles. The van der Waals surface area contributed by atoms with Crippen LogP contribution in [0.2, 0.25) is 0 Å². The van der Waals surface area contributed by atoms with Gasteiger partial charge in [0, 0.05) is 6.42 Å². The van der Waals surface area contributed by atoms with Crippen LogP contribution in [0.4, 0.5) is 30.7 Å². The fourth-order valence-corrected chi connectivity index (χ4v) is 1.31. The van der Waals surface area contributed by atoms with E-state index in [9.17, 15) is 35.5 Å². The lowest BCUT2D eigenvalue weighted by atomic mass is 10.1. The van der Waals surface area contributed by atoms with Crippen molar-refractivity contribution in [3.8, 4) is 0 Å². The number of hydrogen-bond donors (Lipinski definition) is 1. The van der Waals surface area contributed by atoms with Gasteiger partial charge < -0.3 is 9.84 Å². The maximum atomic E-state index is 13.3. The lowest BCUT2D eigenvalue weighted by molar-refractivity contribution is -0.433. The molecule has 1 N–H and O–H groups in total. The van der Waals surface area contributed by atoms with Crippen molar-refractivity contribution in [3.63, 3.8) is 0 Å². The summed E-state index contributed by atoms with van der Waals surface area (Å²) in [6, 6.07) is 0. The highest BCUT2D eigenvalue weighted by molar-refractivity contribution is 5.69. The molecule has 11 heteroatoms. The first-order chi connectivity index (χ1) is 8.29. The van der Waals surface area contributed by atoms with Gasteiger partial charge in [0.15, 0.2) is 0 Å². The molecule has 0 aliphatic carbocycles. The summed E-state index contributed by atoms with van der Waals surface area (Å²) in [4.78, 5) is 10.7. The minimum absolute atomic E-state index is 0.632. The number of halogens is 7. The Hall–Kier alpha value is -1.10. The normalized spacial score (nSPS) is 33.2. The number of ether oxygens (including phenoxy) is 2. The summed E-state index contributed by atoms with van der Waals surface area (Å²) in [6.45, 7) is 1.05. The predicted octanol–water partition coefficient (Wildman–Crippen LogP) is 1.82. The van der Waals surface area contributed by atoms with Gasteiger partial charge in [-0.2, -0.15) is 30.7 Å². The molecule has 1 fully saturated rings. The summed E-state index contributed by atoms with van der Waals surface area (Å²) in [7, 11) is 0. The van der Waals surface area contributed by atoms with E-state index in [1.54, 1.807) is 0 Å². The minimum atomic E-state index is -6.21. The van der Waals surface area contributed by atoms with Gasteiger partial charge >= 0.3 is 30.0 Å². The third-order valence-corrected chi connectivity index (χ3v) is 2.29. The average Bonchev–Trinajstić information content (AvgIpc) is 2.34. The van der Waals surface area contributed by atoms with Gasteiger partial charge in [-0.3, -0.25) is 9.53 Å². The van der Waals surface area contributed by atoms with Gasteiger partial charge in [-0.25, -0.2) is 0 Å². The number of aliphatic hydroxyl groups is 1. The number of esters is 1. The molecule has 0 aromatic rings. The maximum absolute atomic E-state index is 13.3. The number of alkyl halides is 7. The van der Waals surface area contributed by atoms with E-state index in [0.717, 1.165) is 6.92 Å². The molecule has 1 aliphatic rings. The molecule has 4 nitrogen and oxygen atoms in total. The van der Waals surface area contributed by atoms with E-state index in [-0.39, 0.29) is 0 Å². The fraction of sp³-hybridized carbons (Fsp3) is 0.875. The quantitative estimate of drug-likeness (QED) is 0.624. The first-order valence-electron chi connectivity index (χ1n) is 4.74. The highest BCUT2D eigenvalue weighted by atomic mass is 19.4. The van der Waals surface area contributed by atoms with Crippen molar-refractivity contribution < 1.29 is 50.1 Å². The Morgan fingerprint density at radius 3 is 2.11 bits per heavy atom. The Labute approximate surface area is 101 Å². The summed E-state index contributed by atoms with van der Waals surface area (Å²) in [5.41, 5.74) is 0. The van der Waals surface area contributed by atoms with Crippen molar-refractivity contribution in [2.45, 2.75) is 43.4 Å². The molecule has 2 unspecified atom stereocenters. The smallest absolute Gasteiger partial charge is 0.446 e. The van der Waals surface area contributed by atoms with Crippen LogP contribution in [-0.2, 0) is 14.3 Å². The Balaban J connectivity index is 3.23. The van der Waals surface area contributed by atoms with Crippen molar-refractivity contribution in [1.82, 2.24) is 0 Å². The van der Waals surface area contributed by atoms with Crippen molar-refractivity contribution in [2.75, 3.05) is 0 Å². The molecule has 19 heavy (non-hydrogen) atoms. The van der Waals surface area contributed by atoms with Gasteiger partial charge in [0.1, 0.15) is 0 Å². The van der Waals surface area contributed by atoms with E-state index in [1.165, 1.54) is 0 Å². The summed E-state index contributed by atoms with van der Waals surface area (Å²) in [5.74, 6) is -12.6. The first-order valence-corrected chi connectivity index (χ1v) is 4.74. The zero-order chi connectivity index (χ0) is 15.3. The molecule has 2 atom stereocenters. The van der Waals surface area contributed by atoms with Gasteiger partial charge in [0.05, 0.1) is 0 Å². The topological polar surface area (TPSA) is 55.8 Å². The predicted molar refractivity (Wildman–Crippen MR) is 42.2 cm³/mol. The van der Waals surface area contributed by atoms with E-state index in [2.05, 4.69) is 9.47 Å². The molecule has 1 aliphatic heterocycles. The molecule has 0 radical (unpaired) electrons. The third kappa shape index (κ3) is 2.24. The molecule has 0 spiro atoms. The highest BCUT2D eigenvalue weighted by Crippen LogP contribution is 2.56. The largest absolute Gasteiger partial charge is 0.450 e. The second-order valence-electron chi connectivity index (χ2n) is 3.65. The average molecular weight is 300 g/mol. The standard InChI is InChI=1S/C8H7F7O4/c1-2-3(16)18-4-5(9,10)7(17,8(13,14)15)19-6(4,11)12/h4,17H,2H2,1H3. The first kappa shape index (κ1) is 16.0. The van der Waals surface area contributed by atoms with E-state index < -0.39 is 42.5 Å². The molecule has 0 bridgehead atoms. The number of carbonyl (C=O) groups excluding carboxylic acids is 1. The van der Waals surface area contributed by atoms with Crippen molar-refractivity contribution in [2.24, 2.45) is 0 Å². The zero-order valence-corrected chi connectivity index (χ0v) is 9.10. The summed E-state index contributed by atoms with van der Waals surface area (Å²) in [6.07, 6.45) is -15.9. The second kappa shape index (κ2) is 4.20. The lowest BCUT2D eigenvalue weighted by Gasteiger charge is -2.29. The molecule has 1 rings (SSSR count). The molecule has 0 aromatic carbocycles. The third-order valence-electron chi connectivity index (χ3n) is 2.29. The summed E-state index contributed by atoms with van der Waals surface area (Å²) in [5, 5.41) is 8.68. The lowest BCUT2D eigenvalue weighted by Crippen LogP contribution is -2.59. The summed E-state index contributed by atoms with van der Waals surface area (Å²) < 4.78 is 95.6. The second-order valence-corrected chi connectivity index (χ2v) is 3.65. The van der Waals surface area contributed by atoms with Crippen molar-refractivity contribution >= 4 is 5.97 Å². The van der Waals surface area contributed by atoms with Crippen LogP contribution in [0.1, 0.15) is 13.3 Å². The number of hydrogen-bond acceptors (Lipinski definition) is 4. The van der Waals surface area contributed by atoms with Gasteiger partial charge in [-0.1, -0.05) is 6.92 Å². The van der Waals surface area contributed by atoms with E-state index >= 15 is 0 Å². The minimum Gasteiger partial charge on any atom is -0.446 e. The van der Waals surface area contributed by atoms with Crippen LogP contribution in [0.3, 0.4) is 0 Å². The molecular formula is C8H7F7O4. The Morgan fingerprint density at radius 2 is 1.79 bits per heavy atom. The van der Waals surface area contributed by atoms with E-state index in [0.29, 0.717) is 0 Å². The molecule has 1 saturated heterocycles. The van der Waals surface area contributed by atoms with Crippen LogP contribution in [0.25, 0.3) is 0 Å². The maximum Gasteiger partial charge on any atom is 0.450 e. The van der Waals surface area contributed by atoms with Crippen LogP contribution in [0, 0.1) is 0 Å². The van der Waals surface area contributed by atoms with Gasteiger partial charge in [-0.05, 0) is 0 Å². The molecule has 112 valence electrons. The van der Waals surface area contributed by atoms with Crippen molar-refractivity contribution in [1.29, 1.82) is 0 Å². The van der Waals surface area contributed by atoms with E-state index in [1.807, 2.05) is 0 Å².